The fraction of sp³-hybridized carbons (Fsp3) is 0.214. The first-order valence-corrected chi connectivity index (χ1v) is 6.60. The van der Waals surface area contributed by atoms with Gasteiger partial charge in [0.25, 0.3) is 5.56 Å². The molecule has 21 heavy (non-hydrogen) atoms. The molecule has 108 valence electrons. The Balaban J connectivity index is 2.09. The van der Waals surface area contributed by atoms with Crippen molar-refractivity contribution < 1.29 is 4.39 Å². The monoisotopic (exact) mass is 287 g/mol. The molecular weight excluding hydrogens is 273 g/mol. The van der Waals surface area contributed by atoms with E-state index in [9.17, 15) is 9.18 Å². The molecule has 0 saturated carbocycles. The van der Waals surface area contributed by atoms with E-state index in [0.29, 0.717) is 23.4 Å². The summed E-state index contributed by atoms with van der Waals surface area (Å²) in [6, 6.07) is 5.87. The van der Waals surface area contributed by atoms with E-state index >= 15 is 0 Å². The van der Waals surface area contributed by atoms with Crippen molar-refractivity contribution in [3.05, 3.63) is 53.0 Å². The van der Waals surface area contributed by atoms with Crippen molar-refractivity contribution >= 4 is 11.0 Å². The molecule has 3 rings (SSSR count). The highest BCUT2D eigenvalue weighted by Gasteiger charge is 2.11. The number of rotatable bonds is 4. The quantitative estimate of drug-likeness (QED) is 0.785. The van der Waals surface area contributed by atoms with Gasteiger partial charge in [0, 0.05) is 0 Å². The van der Waals surface area contributed by atoms with Crippen molar-refractivity contribution in [3.8, 4) is 5.69 Å². The number of hydrogen-bond acceptors (Lipinski definition) is 4. The Labute approximate surface area is 119 Å². The Bertz CT molecular complexity index is 821. The lowest BCUT2D eigenvalue weighted by atomic mass is 10.3. The first kappa shape index (κ1) is 13.4. The Morgan fingerprint density at radius 3 is 2.76 bits per heavy atom. The van der Waals surface area contributed by atoms with Gasteiger partial charge in [-0.05, 0) is 30.8 Å². The van der Waals surface area contributed by atoms with Crippen molar-refractivity contribution in [1.29, 1.82) is 0 Å². The molecule has 0 unspecified atom stereocenters. The molecule has 0 bridgehead atoms. The normalized spacial score (nSPS) is 11.1. The second kappa shape index (κ2) is 5.45. The lowest BCUT2D eigenvalue weighted by molar-refractivity contribution is 0.557. The molecule has 6 nitrogen and oxygen atoms in total. The average Bonchev–Trinajstić information content (AvgIpc) is 2.92. The minimum Gasteiger partial charge on any atom is -0.300 e. The van der Waals surface area contributed by atoms with E-state index in [1.54, 1.807) is 12.1 Å². The van der Waals surface area contributed by atoms with Gasteiger partial charge in [-0.1, -0.05) is 6.92 Å². The van der Waals surface area contributed by atoms with Crippen LogP contribution in [0.4, 0.5) is 4.39 Å². The van der Waals surface area contributed by atoms with E-state index in [0.717, 1.165) is 6.54 Å². The summed E-state index contributed by atoms with van der Waals surface area (Å²) in [4.78, 5) is 16.6. The zero-order valence-electron chi connectivity index (χ0n) is 11.5. The van der Waals surface area contributed by atoms with Gasteiger partial charge in [0.15, 0.2) is 5.65 Å². The highest BCUT2D eigenvalue weighted by atomic mass is 19.1. The van der Waals surface area contributed by atoms with Crippen LogP contribution in [0.3, 0.4) is 0 Å². The van der Waals surface area contributed by atoms with Crippen LogP contribution in [0.25, 0.3) is 16.7 Å². The Hall–Kier alpha value is -2.54. The van der Waals surface area contributed by atoms with Crippen LogP contribution in [0.1, 0.15) is 6.92 Å². The lowest BCUT2D eigenvalue weighted by Crippen LogP contribution is -2.28. The van der Waals surface area contributed by atoms with Crippen LogP contribution < -0.4 is 10.9 Å². The van der Waals surface area contributed by atoms with Gasteiger partial charge in [0.1, 0.15) is 17.5 Å². The van der Waals surface area contributed by atoms with E-state index < -0.39 is 0 Å². The molecule has 0 aliphatic heterocycles. The summed E-state index contributed by atoms with van der Waals surface area (Å²) in [7, 11) is 0. The molecule has 3 aromatic rings. The summed E-state index contributed by atoms with van der Waals surface area (Å²) >= 11 is 0. The maximum Gasteiger partial charge on any atom is 0.265 e. The fourth-order valence-electron chi connectivity index (χ4n) is 2.06. The van der Waals surface area contributed by atoms with Crippen LogP contribution in [0, 0.1) is 5.82 Å². The Morgan fingerprint density at radius 2 is 2.05 bits per heavy atom. The smallest absolute Gasteiger partial charge is 0.265 e. The van der Waals surface area contributed by atoms with Gasteiger partial charge in [-0.15, -0.1) is 0 Å². The van der Waals surface area contributed by atoms with Crippen molar-refractivity contribution in [1.82, 2.24) is 24.6 Å². The standard InChI is InChI=1S/C14H14FN5O/c1-2-16-8-19-9-17-13-12(14(19)21)7-18-20(13)11-5-3-10(15)4-6-11/h3-7,9,16H,2,8H2,1H3. The largest absolute Gasteiger partial charge is 0.300 e. The SMILES string of the molecule is CCNCn1cnc2c(cnn2-c2ccc(F)cc2)c1=O. The van der Waals surface area contributed by atoms with E-state index in [4.69, 9.17) is 0 Å². The average molecular weight is 287 g/mol. The number of hydrogen-bond donors (Lipinski definition) is 1. The van der Waals surface area contributed by atoms with Crippen LogP contribution >= 0.6 is 0 Å². The van der Waals surface area contributed by atoms with Gasteiger partial charge in [-0.2, -0.15) is 5.10 Å². The lowest BCUT2D eigenvalue weighted by Gasteiger charge is -2.06. The summed E-state index contributed by atoms with van der Waals surface area (Å²) in [6.45, 7) is 3.13. The van der Waals surface area contributed by atoms with Gasteiger partial charge >= 0.3 is 0 Å². The molecule has 0 fully saturated rings. The number of fused-ring (bicyclic) bond motifs is 1. The third kappa shape index (κ3) is 2.43. The van der Waals surface area contributed by atoms with Crippen LogP contribution in [0.15, 0.2) is 41.6 Å². The van der Waals surface area contributed by atoms with E-state index in [1.807, 2.05) is 6.92 Å². The number of nitrogens with one attached hydrogen (secondary N) is 1. The molecule has 1 N–H and O–H groups in total. The van der Waals surface area contributed by atoms with Gasteiger partial charge in [0.2, 0.25) is 0 Å². The number of halogens is 1. The van der Waals surface area contributed by atoms with E-state index in [2.05, 4.69) is 15.4 Å². The summed E-state index contributed by atoms with van der Waals surface area (Å²) < 4.78 is 16.0. The molecule has 0 saturated heterocycles. The molecule has 1 aromatic carbocycles. The molecule has 2 heterocycles. The zero-order valence-corrected chi connectivity index (χ0v) is 11.5. The van der Waals surface area contributed by atoms with Crippen LogP contribution in [-0.2, 0) is 6.67 Å². The molecule has 0 aliphatic carbocycles. The Kier molecular flexibility index (Phi) is 3.49. The molecule has 7 heteroatoms. The van der Waals surface area contributed by atoms with Gasteiger partial charge in [-0.3, -0.25) is 14.7 Å². The number of nitrogens with zero attached hydrogens (tertiary/aromatic N) is 4. The van der Waals surface area contributed by atoms with Crippen molar-refractivity contribution in [2.45, 2.75) is 13.6 Å². The highest BCUT2D eigenvalue weighted by molar-refractivity contribution is 5.74. The highest BCUT2D eigenvalue weighted by Crippen LogP contribution is 2.13. The minimum absolute atomic E-state index is 0.158. The number of aromatic nitrogens is 4. The predicted molar refractivity (Wildman–Crippen MR) is 76.8 cm³/mol. The van der Waals surface area contributed by atoms with Crippen molar-refractivity contribution in [2.24, 2.45) is 0 Å². The van der Waals surface area contributed by atoms with Crippen molar-refractivity contribution in [3.63, 3.8) is 0 Å². The fourth-order valence-corrected chi connectivity index (χ4v) is 2.06. The van der Waals surface area contributed by atoms with Gasteiger partial charge in [-0.25, -0.2) is 14.1 Å². The first-order valence-electron chi connectivity index (χ1n) is 6.60. The van der Waals surface area contributed by atoms with Crippen molar-refractivity contribution in [2.75, 3.05) is 6.54 Å². The third-order valence-corrected chi connectivity index (χ3v) is 3.16. The molecule has 0 radical (unpaired) electrons. The van der Waals surface area contributed by atoms with Gasteiger partial charge < -0.3 is 0 Å². The maximum atomic E-state index is 13.0. The topological polar surface area (TPSA) is 64.7 Å². The molecule has 2 aromatic heterocycles. The Morgan fingerprint density at radius 1 is 1.29 bits per heavy atom. The van der Waals surface area contributed by atoms with Crippen LogP contribution in [-0.4, -0.2) is 25.9 Å². The van der Waals surface area contributed by atoms with Crippen LogP contribution in [0.2, 0.25) is 0 Å². The van der Waals surface area contributed by atoms with Crippen LogP contribution in [0.5, 0.6) is 0 Å². The predicted octanol–water partition coefficient (Wildman–Crippen LogP) is 1.29. The summed E-state index contributed by atoms with van der Waals surface area (Å²) in [5.74, 6) is -0.323. The molecular formula is C14H14FN5O. The van der Waals surface area contributed by atoms with Gasteiger partial charge in [0.05, 0.1) is 18.6 Å². The molecule has 0 spiro atoms. The zero-order chi connectivity index (χ0) is 14.8. The first-order chi connectivity index (χ1) is 10.2. The minimum atomic E-state index is -0.323. The van der Waals surface area contributed by atoms with E-state index in [1.165, 1.54) is 33.9 Å². The molecule has 0 amide bonds. The molecule has 0 aliphatic rings. The summed E-state index contributed by atoms with van der Waals surface area (Å²) in [5.41, 5.74) is 0.955. The number of benzene rings is 1. The second-order valence-corrected chi connectivity index (χ2v) is 4.55. The second-order valence-electron chi connectivity index (χ2n) is 4.55. The third-order valence-electron chi connectivity index (χ3n) is 3.16. The summed E-state index contributed by atoms with van der Waals surface area (Å²) in [5, 5.41) is 7.67. The molecule has 0 atom stereocenters. The maximum absolute atomic E-state index is 13.0. The van der Waals surface area contributed by atoms with E-state index in [-0.39, 0.29) is 11.4 Å². The summed E-state index contributed by atoms with van der Waals surface area (Å²) in [6.07, 6.45) is 2.96.